The second kappa shape index (κ2) is 7.98. The largest absolute Gasteiger partial charge is 0.348 e. The zero-order valence-electron chi connectivity index (χ0n) is 16.1. The van der Waals surface area contributed by atoms with Gasteiger partial charge >= 0.3 is 0 Å². The zero-order chi connectivity index (χ0) is 20.3. The average Bonchev–Trinajstić information content (AvgIpc) is 2.93. The molecule has 0 fully saturated rings. The van der Waals surface area contributed by atoms with E-state index in [0.717, 1.165) is 22.6 Å². The number of sulfone groups is 1. The van der Waals surface area contributed by atoms with Gasteiger partial charge in [-0.05, 0) is 43.7 Å². The Morgan fingerprint density at radius 2 is 1.79 bits per heavy atom. The molecule has 7 heteroatoms. The van der Waals surface area contributed by atoms with Gasteiger partial charge < -0.3 is 5.32 Å². The first-order valence-corrected chi connectivity index (χ1v) is 11.0. The number of nitrogens with zero attached hydrogens (tertiary/aromatic N) is 2. The van der Waals surface area contributed by atoms with Crippen LogP contribution >= 0.6 is 0 Å². The molecule has 3 rings (SSSR count). The molecule has 0 saturated carbocycles. The van der Waals surface area contributed by atoms with Gasteiger partial charge in [0.1, 0.15) is 0 Å². The summed E-state index contributed by atoms with van der Waals surface area (Å²) in [6, 6.07) is 16.5. The molecule has 3 aromatic rings. The summed E-state index contributed by atoms with van der Waals surface area (Å²) in [5, 5.41) is 7.49. The lowest BCUT2D eigenvalue weighted by atomic mass is 10.1. The predicted molar refractivity (Wildman–Crippen MR) is 109 cm³/mol. The van der Waals surface area contributed by atoms with E-state index in [0.29, 0.717) is 17.7 Å². The maximum Gasteiger partial charge on any atom is 0.251 e. The highest BCUT2D eigenvalue weighted by atomic mass is 32.2. The number of rotatable bonds is 6. The first kappa shape index (κ1) is 19.8. The van der Waals surface area contributed by atoms with Crippen molar-refractivity contribution in [3.8, 4) is 5.69 Å². The lowest BCUT2D eigenvalue weighted by Gasteiger charge is -2.08. The molecule has 0 atom stereocenters. The van der Waals surface area contributed by atoms with Crippen LogP contribution in [0.5, 0.6) is 0 Å². The number of carbonyl (C=O) groups is 1. The Hall–Kier alpha value is -2.93. The van der Waals surface area contributed by atoms with Crippen LogP contribution in [-0.4, -0.2) is 30.4 Å². The van der Waals surface area contributed by atoms with Crippen molar-refractivity contribution in [3.05, 3.63) is 82.7 Å². The third-order valence-corrected chi connectivity index (χ3v) is 5.34. The Bertz CT molecular complexity index is 1100. The van der Waals surface area contributed by atoms with Gasteiger partial charge in [-0.2, -0.15) is 5.10 Å². The Morgan fingerprint density at radius 1 is 1.07 bits per heavy atom. The highest BCUT2D eigenvalue weighted by molar-refractivity contribution is 7.89. The topological polar surface area (TPSA) is 81.1 Å². The number of aryl methyl sites for hydroxylation is 1. The average molecular weight is 398 g/mol. The molecule has 1 aromatic heterocycles. The molecule has 146 valence electrons. The van der Waals surface area contributed by atoms with Crippen LogP contribution in [0.1, 0.15) is 32.9 Å². The molecule has 1 N–H and O–H groups in total. The normalized spacial score (nSPS) is 11.4. The van der Waals surface area contributed by atoms with Crippen LogP contribution in [0, 0.1) is 13.8 Å². The van der Waals surface area contributed by atoms with E-state index in [2.05, 4.69) is 10.4 Å². The van der Waals surface area contributed by atoms with Crippen molar-refractivity contribution in [1.82, 2.24) is 15.1 Å². The summed E-state index contributed by atoms with van der Waals surface area (Å²) in [7, 11) is -3.15. The number of para-hydroxylation sites is 1. The van der Waals surface area contributed by atoms with Gasteiger partial charge in [0, 0.05) is 29.6 Å². The minimum Gasteiger partial charge on any atom is -0.348 e. The van der Waals surface area contributed by atoms with Crippen molar-refractivity contribution < 1.29 is 13.2 Å². The van der Waals surface area contributed by atoms with Crippen LogP contribution in [0.3, 0.4) is 0 Å². The Labute approximate surface area is 165 Å². The fraction of sp³-hybridized carbons (Fsp3) is 0.238. The lowest BCUT2D eigenvalue weighted by Crippen LogP contribution is -2.23. The highest BCUT2D eigenvalue weighted by Gasteiger charge is 2.15. The summed E-state index contributed by atoms with van der Waals surface area (Å²) >= 11 is 0. The summed E-state index contributed by atoms with van der Waals surface area (Å²) in [5.74, 6) is -0.336. The van der Waals surface area contributed by atoms with Crippen LogP contribution in [0.15, 0.2) is 54.6 Å². The van der Waals surface area contributed by atoms with Crippen LogP contribution in [0.4, 0.5) is 0 Å². The SMILES string of the molecule is Cc1nn(-c2ccccc2)c(C)c1CNC(=O)c1cccc(CS(C)(=O)=O)c1. The standard InChI is InChI=1S/C21H23N3O3S/c1-15-20(16(2)24(23-15)19-10-5-4-6-11-19)13-22-21(25)18-9-7-8-17(12-18)14-28(3,26)27/h4-12H,13-14H2,1-3H3,(H,22,25). The third-order valence-electron chi connectivity index (χ3n) is 4.49. The molecule has 0 aliphatic heterocycles. The number of carbonyl (C=O) groups excluding carboxylic acids is 1. The van der Waals surface area contributed by atoms with Gasteiger partial charge in [0.25, 0.3) is 5.91 Å². The maximum absolute atomic E-state index is 12.5. The van der Waals surface area contributed by atoms with E-state index in [4.69, 9.17) is 0 Å². The Kier molecular flexibility index (Phi) is 5.65. The van der Waals surface area contributed by atoms with Crippen LogP contribution in [-0.2, 0) is 22.1 Å². The molecular formula is C21H23N3O3S. The Morgan fingerprint density at radius 3 is 2.46 bits per heavy atom. The quantitative estimate of drug-likeness (QED) is 0.693. The van der Waals surface area contributed by atoms with Crippen molar-refractivity contribution in [2.75, 3.05) is 6.26 Å². The first-order valence-electron chi connectivity index (χ1n) is 8.90. The molecule has 2 aromatic carbocycles. The molecule has 1 amide bonds. The van der Waals surface area contributed by atoms with E-state index in [-0.39, 0.29) is 11.7 Å². The number of benzene rings is 2. The lowest BCUT2D eigenvalue weighted by molar-refractivity contribution is 0.0950. The smallest absolute Gasteiger partial charge is 0.251 e. The van der Waals surface area contributed by atoms with Crippen molar-refractivity contribution >= 4 is 15.7 Å². The van der Waals surface area contributed by atoms with Gasteiger partial charge in [-0.25, -0.2) is 13.1 Å². The van der Waals surface area contributed by atoms with E-state index >= 15 is 0 Å². The van der Waals surface area contributed by atoms with Gasteiger partial charge in [-0.15, -0.1) is 0 Å². The molecule has 28 heavy (non-hydrogen) atoms. The molecule has 1 heterocycles. The van der Waals surface area contributed by atoms with Crippen LogP contribution in [0.25, 0.3) is 5.69 Å². The second-order valence-electron chi connectivity index (χ2n) is 6.85. The number of hydrogen-bond acceptors (Lipinski definition) is 4. The van der Waals surface area contributed by atoms with E-state index in [1.165, 1.54) is 6.26 Å². The monoisotopic (exact) mass is 397 g/mol. The fourth-order valence-electron chi connectivity index (χ4n) is 3.13. The summed E-state index contributed by atoms with van der Waals surface area (Å²) in [6.45, 7) is 4.24. The van der Waals surface area contributed by atoms with E-state index in [1.54, 1.807) is 24.3 Å². The van der Waals surface area contributed by atoms with Crippen LogP contribution < -0.4 is 5.32 Å². The Balaban J connectivity index is 1.75. The molecule has 0 saturated heterocycles. The summed E-state index contributed by atoms with van der Waals surface area (Å²) < 4.78 is 24.8. The molecule has 0 aliphatic carbocycles. The molecule has 0 bridgehead atoms. The summed E-state index contributed by atoms with van der Waals surface area (Å²) in [4.78, 5) is 12.5. The summed E-state index contributed by atoms with van der Waals surface area (Å²) in [5.41, 5.74) is 4.78. The number of hydrogen-bond donors (Lipinski definition) is 1. The predicted octanol–water partition coefficient (Wildman–Crippen LogP) is 2.96. The minimum atomic E-state index is -3.15. The molecular weight excluding hydrogens is 374 g/mol. The van der Waals surface area contributed by atoms with Crippen molar-refractivity contribution in [1.29, 1.82) is 0 Å². The molecule has 0 spiro atoms. The zero-order valence-corrected chi connectivity index (χ0v) is 17.0. The third kappa shape index (κ3) is 4.67. The van der Waals surface area contributed by atoms with Crippen molar-refractivity contribution in [3.63, 3.8) is 0 Å². The van der Waals surface area contributed by atoms with Gasteiger partial charge in [0.15, 0.2) is 9.84 Å². The fourth-order valence-corrected chi connectivity index (χ4v) is 3.91. The van der Waals surface area contributed by atoms with Gasteiger partial charge in [0.2, 0.25) is 0 Å². The number of aromatic nitrogens is 2. The minimum absolute atomic E-state index is 0.0871. The van der Waals surface area contributed by atoms with Gasteiger partial charge in [-0.1, -0.05) is 30.3 Å². The number of amides is 1. The maximum atomic E-state index is 12.5. The van der Waals surface area contributed by atoms with Gasteiger partial charge in [-0.3, -0.25) is 4.79 Å². The number of nitrogens with one attached hydrogen (secondary N) is 1. The second-order valence-corrected chi connectivity index (χ2v) is 8.99. The van der Waals surface area contributed by atoms with Crippen LogP contribution in [0.2, 0.25) is 0 Å². The van der Waals surface area contributed by atoms with E-state index < -0.39 is 9.84 Å². The molecule has 6 nitrogen and oxygen atoms in total. The highest BCUT2D eigenvalue weighted by Crippen LogP contribution is 2.18. The molecule has 0 unspecified atom stereocenters. The molecule has 0 aliphatic rings. The summed E-state index contributed by atoms with van der Waals surface area (Å²) in [6.07, 6.45) is 1.18. The molecule has 0 radical (unpaired) electrons. The van der Waals surface area contributed by atoms with E-state index in [9.17, 15) is 13.2 Å². The van der Waals surface area contributed by atoms with E-state index in [1.807, 2.05) is 48.9 Å². The first-order chi connectivity index (χ1) is 13.2. The van der Waals surface area contributed by atoms with Gasteiger partial charge in [0.05, 0.1) is 17.1 Å². The van der Waals surface area contributed by atoms with Crippen molar-refractivity contribution in [2.45, 2.75) is 26.1 Å². The van der Waals surface area contributed by atoms with Crippen molar-refractivity contribution in [2.24, 2.45) is 0 Å².